The summed E-state index contributed by atoms with van der Waals surface area (Å²) in [4.78, 5) is 15.9. The molecule has 22 heavy (non-hydrogen) atoms. The molecule has 1 aromatic carbocycles. The molecule has 0 bridgehead atoms. The second-order valence-corrected chi connectivity index (χ2v) is 5.50. The van der Waals surface area contributed by atoms with Crippen LogP contribution in [-0.4, -0.2) is 20.4 Å². The summed E-state index contributed by atoms with van der Waals surface area (Å²) >= 11 is 1.11. The minimum absolute atomic E-state index is 0.0311. The monoisotopic (exact) mass is 330 g/mol. The van der Waals surface area contributed by atoms with Crippen molar-refractivity contribution in [3.05, 3.63) is 46.2 Å². The van der Waals surface area contributed by atoms with Crippen LogP contribution in [0.15, 0.2) is 40.3 Å². The predicted octanol–water partition coefficient (Wildman–Crippen LogP) is 3.46. The molecule has 0 aliphatic heterocycles. The molecule has 0 saturated heterocycles. The first-order chi connectivity index (χ1) is 10.3. The smallest absolute Gasteiger partial charge is 0.418 e. The normalized spacial score (nSPS) is 11.6. The summed E-state index contributed by atoms with van der Waals surface area (Å²) in [5.74, 6) is 0.0497. The van der Waals surface area contributed by atoms with Gasteiger partial charge in [-0.25, -0.2) is 0 Å². The second-order valence-electron chi connectivity index (χ2n) is 4.43. The summed E-state index contributed by atoms with van der Waals surface area (Å²) in [7, 11) is 0. The summed E-state index contributed by atoms with van der Waals surface area (Å²) in [5.41, 5.74) is -1.99. The summed E-state index contributed by atoms with van der Waals surface area (Å²) in [6.45, 7) is 1.89. The molecule has 1 N–H and O–H groups in total. The lowest BCUT2D eigenvalue weighted by Crippen LogP contribution is -2.23. The van der Waals surface area contributed by atoms with E-state index < -0.39 is 23.2 Å². The van der Waals surface area contributed by atoms with E-state index in [1.54, 1.807) is 0 Å². The van der Waals surface area contributed by atoms with Crippen LogP contribution < -0.4 is 5.56 Å². The van der Waals surface area contributed by atoms with Gasteiger partial charge >= 0.3 is 6.18 Å². The molecule has 0 saturated carbocycles. The number of para-hydroxylation sites is 1. The van der Waals surface area contributed by atoms with E-state index in [0.29, 0.717) is 5.75 Å². The van der Waals surface area contributed by atoms with Crippen molar-refractivity contribution in [1.82, 2.24) is 9.55 Å². The molecule has 0 unspecified atom stereocenters. The average molecular weight is 330 g/mol. The highest BCUT2D eigenvalue weighted by Gasteiger charge is 2.34. The van der Waals surface area contributed by atoms with Crippen LogP contribution in [0.2, 0.25) is 0 Å². The number of aromatic hydroxyl groups is 1. The van der Waals surface area contributed by atoms with Crippen molar-refractivity contribution < 1.29 is 18.3 Å². The second kappa shape index (κ2) is 6.43. The Morgan fingerprint density at radius 2 is 2.00 bits per heavy atom. The van der Waals surface area contributed by atoms with Crippen molar-refractivity contribution in [2.24, 2.45) is 0 Å². The van der Waals surface area contributed by atoms with Crippen molar-refractivity contribution in [1.29, 1.82) is 0 Å². The fraction of sp³-hybridized carbons (Fsp3) is 0.286. The van der Waals surface area contributed by atoms with Gasteiger partial charge in [0.2, 0.25) is 5.88 Å². The molecule has 118 valence electrons. The van der Waals surface area contributed by atoms with E-state index in [1.165, 1.54) is 18.2 Å². The molecule has 0 atom stereocenters. The maximum atomic E-state index is 13.1. The lowest BCUT2D eigenvalue weighted by Gasteiger charge is -2.16. The Balaban J connectivity index is 2.70. The SMILES string of the molecule is CCCSc1nc(O)cc(=O)n1-c1ccccc1C(F)(F)F. The summed E-state index contributed by atoms with van der Waals surface area (Å²) in [5, 5.41) is 9.46. The van der Waals surface area contributed by atoms with Gasteiger partial charge in [0.05, 0.1) is 17.3 Å². The molecule has 1 aromatic heterocycles. The summed E-state index contributed by atoms with van der Waals surface area (Å²) in [6.07, 6.45) is -3.85. The molecule has 2 rings (SSSR count). The molecule has 0 aliphatic carbocycles. The van der Waals surface area contributed by atoms with E-state index in [2.05, 4.69) is 4.98 Å². The Bertz CT molecular complexity index is 729. The highest BCUT2D eigenvalue weighted by atomic mass is 32.2. The van der Waals surface area contributed by atoms with Crippen LogP contribution in [-0.2, 0) is 6.18 Å². The first kappa shape index (κ1) is 16.4. The van der Waals surface area contributed by atoms with Gasteiger partial charge in [-0.05, 0) is 18.6 Å². The third kappa shape index (κ3) is 3.44. The number of rotatable bonds is 4. The van der Waals surface area contributed by atoms with Crippen molar-refractivity contribution in [3.63, 3.8) is 0 Å². The highest BCUT2D eigenvalue weighted by Crippen LogP contribution is 2.34. The lowest BCUT2D eigenvalue weighted by molar-refractivity contribution is -0.137. The van der Waals surface area contributed by atoms with Crippen molar-refractivity contribution in [2.45, 2.75) is 24.7 Å². The fourth-order valence-corrected chi connectivity index (χ4v) is 2.73. The molecule has 1 heterocycles. The number of alkyl halides is 3. The van der Waals surface area contributed by atoms with Crippen molar-refractivity contribution in [2.75, 3.05) is 5.75 Å². The first-order valence-corrected chi connectivity index (χ1v) is 7.45. The van der Waals surface area contributed by atoms with Gasteiger partial charge in [0.15, 0.2) is 5.16 Å². The van der Waals surface area contributed by atoms with Crippen LogP contribution in [0.1, 0.15) is 18.9 Å². The molecule has 4 nitrogen and oxygen atoms in total. The number of aromatic nitrogens is 2. The molecule has 0 spiro atoms. The number of hydrogen-bond donors (Lipinski definition) is 1. The lowest BCUT2D eigenvalue weighted by atomic mass is 10.1. The van der Waals surface area contributed by atoms with E-state index in [0.717, 1.165) is 34.9 Å². The van der Waals surface area contributed by atoms with Gasteiger partial charge in [0.1, 0.15) is 0 Å². The highest BCUT2D eigenvalue weighted by molar-refractivity contribution is 7.99. The van der Waals surface area contributed by atoms with Gasteiger partial charge in [-0.1, -0.05) is 30.8 Å². The van der Waals surface area contributed by atoms with E-state index in [9.17, 15) is 23.1 Å². The minimum Gasteiger partial charge on any atom is -0.493 e. The zero-order valence-electron chi connectivity index (χ0n) is 11.6. The number of halogens is 3. The third-order valence-electron chi connectivity index (χ3n) is 2.76. The maximum Gasteiger partial charge on any atom is 0.418 e. The Kier molecular flexibility index (Phi) is 4.80. The van der Waals surface area contributed by atoms with Gasteiger partial charge < -0.3 is 5.11 Å². The van der Waals surface area contributed by atoms with Crippen molar-refractivity contribution >= 4 is 11.8 Å². The predicted molar refractivity (Wildman–Crippen MR) is 77.5 cm³/mol. The summed E-state index contributed by atoms with van der Waals surface area (Å²) < 4.78 is 40.3. The Morgan fingerprint density at radius 3 is 2.64 bits per heavy atom. The Morgan fingerprint density at radius 1 is 1.32 bits per heavy atom. The van der Waals surface area contributed by atoms with Crippen molar-refractivity contribution in [3.8, 4) is 11.6 Å². The van der Waals surface area contributed by atoms with Crippen LogP contribution >= 0.6 is 11.8 Å². The Labute approximate surface area is 128 Å². The topological polar surface area (TPSA) is 55.1 Å². The third-order valence-corrected chi connectivity index (χ3v) is 3.90. The van der Waals surface area contributed by atoms with E-state index in [4.69, 9.17) is 0 Å². The zero-order valence-corrected chi connectivity index (χ0v) is 12.4. The van der Waals surface area contributed by atoms with Gasteiger partial charge in [0, 0.05) is 5.75 Å². The molecule has 0 radical (unpaired) electrons. The molecule has 8 heteroatoms. The number of benzene rings is 1. The van der Waals surface area contributed by atoms with Crippen LogP contribution in [0.5, 0.6) is 5.88 Å². The largest absolute Gasteiger partial charge is 0.493 e. The molecular weight excluding hydrogens is 317 g/mol. The summed E-state index contributed by atoms with van der Waals surface area (Å²) in [6, 6.07) is 5.58. The first-order valence-electron chi connectivity index (χ1n) is 6.47. The van der Waals surface area contributed by atoms with E-state index in [-0.39, 0.29) is 10.8 Å². The molecule has 0 amide bonds. The molecule has 0 fully saturated rings. The number of nitrogens with zero attached hydrogens (tertiary/aromatic N) is 2. The zero-order chi connectivity index (χ0) is 16.3. The van der Waals surface area contributed by atoms with Crippen LogP contribution in [0, 0.1) is 0 Å². The molecule has 2 aromatic rings. The van der Waals surface area contributed by atoms with Gasteiger partial charge in [-0.15, -0.1) is 0 Å². The Hall–Kier alpha value is -1.96. The molecular formula is C14H13F3N2O2S. The van der Waals surface area contributed by atoms with Crippen LogP contribution in [0.25, 0.3) is 5.69 Å². The van der Waals surface area contributed by atoms with E-state index in [1.807, 2.05) is 6.92 Å². The van der Waals surface area contributed by atoms with Crippen LogP contribution in [0.4, 0.5) is 13.2 Å². The fourth-order valence-electron chi connectivity index (χ4n) is 1.87. The minimum atomic E-state index is -4.60. The number of thioether (sulfide) groups is 1. The maximum absolute atomic E-state index is 13.1. The van der Waals surface area contributed by atoms with Crippen LogP contribution in [0.3, 0.4) is 0 Å². The quantitative estimate of drug-likeness (QED) is 0.689. The standard InChI is InChI=1S/C14H13F3N2O2S/c1-2-7-22-13-18-11(20)8-12(21)19(13)10-6-4-3-5-9(10)14(15,16)17/h3-6,8,20H,2,7H2,1H3. The van der Waals surface area contributed by atoms with Gasteiger partial charge in [-0.3, -0.25) is 9.36 Å². The number of hydrogen-bond acceptors (Lipinski definition) is 4. The van der Waals surface area contributed by atoms with Gasteiger partial charge in [-0.2, -0.15) is 18.2 Å². The molecule has 0 aliphatic rings. The average Bonchev–Trinajstić information content (AvgIpc) is 2.43. The van der Waals surface area contributed by atoms with E-state index >= 15 is 0 Å². The van der Waals surface area contributed by atoms with Gasteiger partial charge in [0.25, 0.3) is 5.56 Å².